The fraction of sp³-hybridized carbons (Fsp3) is 0.235. The van der Waals surface area contributed by atoms with Gasteiger partial charge in [0.25, 0.3) is 5.91 Å². The minimum absolute atomic E-state index is 0.0177. The zero-order chi connectivity index (χ0) is 15.4. The summed E-state index contributed by atoms with van der Waals surface area (Å²) >= 11 is 0. The van der Waals surface area contributed by atoms with Gasteiger partial charge in [-0.1, -0.05) is 58.0 Å². The van der Waals surface area contributed by atoms with E-state index in [1.165, 1.54) is 6.07 Å². The van der Waals surface area contributed by atoms with Gasteiger partial charge in [0.05, 0.1) is 5.56 Å². The molecule has 1 amide bonds. The topological polar surface area (TPSA) is 49.3 Å². The molecule has 0 radical (unpaired) electrons. The van der Waals surface area contributed by atoms with Gasteiger partial charge in [-0.25, -0.2) is 0 Å². The lowest BCUT2D eigenvalue weighted by atomic mass is 10.2. The predicted octanol–water partition coefficient (Wildman–Crippen LogP) is 4.70. The summed E-state index contributed by atoms with van der Waals surface area (Å²) in [4.78, 5) is 11.8. The van der Waals surface area contributed by atoms with E-state index in [4.69, 9.17) is 0 Å². The summed E-state index contributed by atoms with van der Waals surface area (Å²) in [6.45, 7) is 8.00. The molecule has 2 aromatic carbocycles. The summed E-state index contributed by atoms with van der Waals surface area (Å²) in [5.74, 6) is -0.333. The quantitative estimate of drug-likeness (QED) is 0.833. The highest BCUT2D eigenvalue weighted by Crippen LogP contribution is 2.17. The third kappa shape index (κ3) is 5.57. The van der Waals surface area contributed by atoms with E-state index in [0.29, 0.717) is 5.69 Å². The van der Waals surface area contributed by atoms with Crippen molar-refractivity contribution in [3.8, 4) is 5.75 Å². The SMILES string of the molecule is CC.CC.O=C(Nc1ccccc1)c1ccccc1O. The Kier molecular flexibility index (Phi) is 9.40. The number of carbonyl (C=O) groups is 1. The molecule has 0 aromatic heterocycles. The van der Waals surface area contributed by atoms with Crippen LogP contribution in [0, 0.1) is 0 Å². The van der Waals surface area contributed by atoms with Gasteiger partial charge in [-0.15, -0.1) is 0 Å². The van der Waals surface area contributed by atoms with E-state index in [1.54, 1.807) is 30.3 Å². The van der Waals surface area contributed by atoms with Crippen LogP contribution < -0.4 is 5.32 Å². The van der Waals surface area contributed by atoms with Crippen LogP contribution in [0.15, 0.2) is 54.6 Å². The van der Waals surface area contributed by atoms with Gasteiger partial charge in [-0.3, -0.25) is 4.79 Å². The van der Waals surface area contributed by atoms with Crippen molar-refractivity contribution in [2.45, 2.75) is 27.7 Å². The lowest BCUT2D eigenvalue weighted by Gasteiger charge is -2.05. The highest BCUT2D eigenvalue weighted by atomic mass is 16.3. The Bertz CT molecular complexity index is 495. The molecule has 0 spiro atoms. The number of nitrogens with one attached hydrogen (secondary N) is 1. The van der Waals surface area contributed by atoms with E-state index in [0.717, 1.165) is 0 Å². The molecule has 0 atom stereocenters. The van der Waals surface area contributed by atoms with Gasteiger partial charge in [-0.2, -0.15) is 0 Å². The van der Waals surface area contributed by atoms with Gasteiger partial charge in [-0.05, 0) is 24.3 Å². The first-order valence-electron chi connectivity index (χ1n) is 6.92. The van der Waals surface area contributed by atoms with Crippen molar-refractivity contribution in [1.82, 2.24) is 0 Å². The number of hydrogen-bond acceptors (Lipinski definition) is 2. The van der Waals surface area contributed by atoms with E-state index in [-0.39, 0.29) is 17.2 Å². The smallest absolute Gasteiger partial charge is 0.259 e. The molecule has 3 nitrogen and oxygen atoms in total. The number of benzene rings is 2. The number of phenols is 1. The van der Waals surface area contributed by atoms with Crippen LogP contribution in [0.2, 0.25) is 0 Å². The van der Waals surface area contributed by atoms with Crippen LogP contribution in [-0.2, 0) is 0 Å². The lowest BCUT2D eigenvalue weighted by Crippen LogP contribution is -2.11. The largest absolute Gasteiger partial charge is 0.507 e. The Labute approximate surface area is 121 Å². The van der Waals surface area contributed by atoms with Crippen molar-refractivity contribution in [2.24, 2.45) is 0 Å². The second-order valence-corrected chi connectivity index (χ2v) is 3.34. The van der Waals surface area contributed by atoms with Crippen LogP contribution in [0.1, 0.15) is 38.1 Å². The van der Waals surface area contributed by atoms with E-state index >= 15 is 0 Å². The molecule has 0 saturated carbocycles. The molecule has 0 heterocycles. The second kappa shape index (κ2) is 10.6. The molecule has 0 aliphatic rings. The van der Waals surface area contributed by atoms with Crippen molar-refractivity contribution in [3.63, 3.8) is 0 Å². The van der Waals surface area contributed by atoms with E-state index in [1.807, 2.05) is 45.9 Å². The molecular formula is C17H23NO2. The molecule has 2 aromatic rings. The predicted molar refractivity (Wildman–Crippen MR) is 85.2 cm³/mol. The second-order valence-electron chi connectivity index (χ2n) is 3.34. The number of para-hydroxylation sites is 2. The highest BCUT2D eigenvalue weighted by molar-refractivity contribution is 6.06. The van der Waals surface area contributed by atoms with E-state index < -0.39 is 0 Å². The van der Waals surface area contributed by atoms with Crippen molar-refractivity contribution >= 4 is 11.6 Å². The Hall–Kier alpha value is -2.29. The average Bonchev–Trinajstić information content (AvgIpc) is 2.52. The molecule has 0 aliphatic carbocycles. The van der Waals surface area contributed by atoms with E-state index in [9.17, 15) is 9.90 Å². The maximum absolute atomic E-state index is 11.8. The number of carbonyl (C=O) groups excluding carboxylic acids is 1. The van der Waals surface area contributed by atoms with Crippen molar-refractivity contribution in [3.05, 3.63) is 60.2 Å². The molecule has 0 saturated heterocycles. The molecule has 0 fully saturated rings. The molecule has 0 unspecified atom stereocenters. The maximum Gasteiger partial charge on any atom is 0.259 e. The molecule has 0 aliphatic heterocycles. The van der Waals surface area contributed by atoms with Gasteiger partial charge in [0.15, 0.2) is 0 Å². The van der Waals surface area contributed by atoms with Gasteiger partial charge < -0.3 is 10.4 Å². The first kappa shape index (κ1) is 17.7. The van der Waals surface area contributed by atoms with Crippen molar-refractivity contribution in [1.29, 1.82) is 0 Å². The Morgan fingerprint density at radius 1 is 0.850 bits per heavy atom. The maximum atomic E-state index is 11.8. The standard InChI is InChI=1S/C13H11NO2.2C2H6/c15-12-9-5-4-8-11(12)13(16)14-10-6-2-1-3-7-10;2*1-2/h1-9,15H,(H,14,16);2*1-2H3. The number of aromatic hydroxyl groups is 1. The van der Waals surface area contributed by atoms with Gasteiger partial charge in [0.1, 0.15) is 5.75 Å². The van der Waals surface area contributed by atoms with Crippen LogP contribution in [0.5, 0.6) is 5.75 Å². The zero-order valence-electron chi connectivity index (χ0n) is 12.6. The van der Waals surface area contributed by atoms with Crippen LogP contribution in [0.25, 0.3) is 0 Å². The van der Waals surface area contributed by atoms with Gasteiger partial charge in [0.2, 0.25) is 0 Å². The molecule has 108 valence electrons. The summed E-state index contributed by atoms with van der Waals surface area (Å²) in [6.07, 6.45) is 0. The summed E-state index contributed by atoms with van der Waals surface area (Å²) < 4.78 is 0. The third-order valence-corrected chi connectivity index (χ3v) is 2.18. The van der Waals surface area contributed by atoms with Gasteiger partial charge >= 0.3 is 0 Å². The van der Waals surface area contributed by atoms with Crippen LogP contribution in [-0.4, -0.2) is 11.0 Å². The Morgan fingerprint density at radius 2 is 1.35 bits per heavy atom. The number of hydrogen-bond donors (Lipinski definition) is 2. The molecule has 2 rings (SSSR count). The number of phenolic OH excluding ortho intramolecular Hbond substituents is 1. The normalized spacial score (nSPS) is 8.40. The monoisotopic (exact) mass is 273 g/mol. The minimum Gasteiger partial charge on any atom is -0.507 e. The Morgan fingerprint density at radius 3 is 1.90 bits per heavy atom. The number of anilines is 1. The van der Waals surface area contributed by atoms with Crippen LogP contribution in [0.4, 0.5) is 5.69 Å². The first-order valence-corrected chi connectivity index (χ1v) is 6.92. The Balaban J connectivity index is 0.000000829. The van der Waals surface area contributed by atoms with Crippen LogP contribution >= 0.6 is 0 Å². The van der Waals surface area contributed by atoms with Crippen molar-refractivity contribution < 1.29 is 9.90 Å². The van der Waals surface area contributed by atoms with E-state index in [2.05, 4.69) is 5.32 Å². The fourth-order valence-corrected chi connectivity index (χ4v) is 1.39. The first-order chi connectivity index (χ1) is 9.77. The fourth-order valence-electron chi connectivity index (χ4n) is 1.39. The molecule has 2 N–H and O–H groups in total. The van der Waals surface area contributed by atoms with Crippen LogP contribution in [0.3, 0.4) is 0 Å². The third-order valence-electron chi connectivity index (χ3n) is 2.18. The lowest BCUT2D eigenvalue weighted by molar-refractivity contribution is 0.102. The number of amides is 1. The summed E-state index contributed by atoms with van der Waals surface area (Å²) in [5.41, 5.74) is 0.974. The molecule has 3 heteroatoms. The average molecular weight is 273 g/mol. The zero-order valence-corrected chi connectivity index (χ0v) is 12.6. The van der Waals surface area contributed by atoms with Crippen molar-refractivity contribution in [2.75, 3.05) is 5.32 Å². The summed E-state index contributed by atoms with van der Waals surface area (Å²) in [6, 6.07) is 15.6. The molecule has 20 heavy (non-hydrogen) atoms. The van der Waals surface area contributed by atoms with Gasteiger partial charge in [0, 0.05) is 5.69 Å². The highest BCUT2D eigenvalue weighted by Gasteiger charge is 2.09. The molecular weight excluding hydrogens is 250 g/mol. The number of rotatable bonds is 2. The summed E-state index contributed by atoms with van der Waals surface area (Å²) in [7, 11) is 0. The molecule has 0 bridgehead atoms. The minimum atomic E-state index is -0.315. The summed E-state index contributed by atoms with van der Waals surface area (Å²) in [5, 5.41) is 12.2.